The lowest BCUT2D eigenvalue weighted by molar-refractivity contribution is -0.134. The van der Waals surface area contributed by atoms with E-state index in [0.29, 0.717) is 92.9 Å². The number of hydrogen-bond donors (Lipinski definition) is 5. The zero-order valence-electron chi connectivity index (χ0n) is 40.9. The van der Waals surface area contributed by atoms with Crippen LogP contribution >= 0.6 is 0 Å². The minimum Gasteiger partial charge on any atom is -0.504 e. The molecule has 2 aliphatic heterocycles. The van der Waals surface area contributed by atoms with Gasteiger partial charge in [-0.15, -0.1) is 0 Å². The second kappa shape index (κ2) is 18.9. The van der Waals surface area contributed by atoms with Gasteiger partial charge in [0.05, 0.1) is 22.8 Å². The molecule has 19 heteroatoms. The van der Waals surface area contributed by atoms with Gasteiger partial charge in [-0.3, -0.25) is 28.9 Å². The van der Waals surface area contributed by atoms with Gasteiger partial charge in [0.15, 0.2) is 23.2 Å². The molecule has 0 fully saturated rings. The lowest BCUT2D eigenvalue weighted by Crippen LogP contribution is -2.38. The number of amides is 2. The number of hydrogen-bond acceptors (Lipinski definition) is 13. The van der Waals surface area contributed by atoms with E-state index in [1.54, 1.807) is 60.0 Å². The van der Waals surface area contributed by atoms with Crippen LogP contribution in [0.1, 0.15) is 61.6 Å². The lowest BCUT2D eigenvalue weighted by atomic mass is 9.97. The fraction of sp³-hybridized carbons (Fsp3) is 0.308. The van der Waals surface area contributed by atoms with Crippen molar-refractivity contribution in [3.63, 3.8) is 0 Å². The Bertz CT molecular complexity index is 3420. The van der Waals surface area contributed by atoms with Crippen molar-refractivity contribution in [1.82, 2.24) is 49.3 Å². The van der Waals surface area contributed by atoms with Crippen LogP contribution in [-0.2, 0) is 35.5 Å². The Hall–Kier alpha value is -8.22. The molecule has 71 heavy (non-hydrogen) atoms. The van der Waals surface area contributed by atoms with Crippen LogP contribution in [0.2, 0.25) is 0 Å². The highest BCUT2D eigenvalue weighted by Crippen LogP contribution is 2.39. The van der Waals surface area contributed by atoms with Crippen LogP contribution in [0.25, 0.3) is 43.8 Å². The first-order chi connectivity index (χ1) is 33.8. The topological polar surface area (TPSA) is 224 Å². The second-order valence-corrected chi connectivity index (χ2v) is 18.7. The number of aromatic nitrogens is 8. The van der Waals surface area contributed by atoms with Crippen LogP contribution in [0.4, 0.5) is 43.4 Å². The van der Waals surface area contributed by atoms with Crippen LogP contribution in [0, 0.1) is 39.3 Å². The predicted molar refractivity (Wildman–Crippen MR) is 271 cm³/mol. The highest BCUT2D eigenvalue weighted by Gasteiger charge is 2.26. The molecule has 7 N–H and O–H groups in total. The Morgan fingerprint density at radius 1 is 0.577 bits per heavy atom. The number of carbonyl (C=O) groups excluding carboxylic acids is 2. The molecule has 0 saturated carbocycles. The summed E-state index contributed by atoms with van der Waals surface area (Å²) in [6.07, 6.45) is 7.70. The summed E-state index contributed by atoms with van der Waals surface area (Å²) in [4.78, 5) is 46.2. The van der Waals surface area contributed by atoms with E-state index in [-0.39, 0.29) is 53.8 Å². The maximum atomic E-state index is 15.1. The summed E-state index contributed by atoms with van der Waals surface area (Å²) in [7, 11) is 0. The molecule has 0 bridgehead atoms. The Labute approximate surface area is 408 Å². The van der Waals surface area contributed by atoms with Gasteiger partial charge in [0.1, 0.15) is 30.5 Å². The fourth-order valence-electron chi connectivity index (χ4n) is 9.21. The Kier molecular flexibility index (Phi) is 12.8. The molecule has 0 atom stereocenters. The average molecular weight is 963 g/mol. The molecule has 0 unspecified atom stereocenters. The van der Waals surface area contributed by atoms with Gasteiger partial charge in [0.25, 0.3) is 0 Å². The first-order valence-electron chi connectivity index (χ1n) is 23.5. The van der Waals surface area contributed by atoms with E-state index >= 15 is 4.39 Å². The van der Waals surface area contributed by atoms with Gasteiger partial charge in [0, 0.05) is 119 Å². The smallest absolute Gasteiger partial charge is 0.244 e. The van der Waals surface area contributed by atoms with Gasteiger partial charge >= 0.3 is 0 Å². The quantitative estimate of drug-likeness (QED) is 0.0965. The number of anilines is 6. The molecule has 17 nitrogen and oxygen atoms in total. The summed E-state index contributed by atoms with van der Waals surface area (Å²) >= 11 is 0. The fourth-order valence-corrected chi connectivity index (χ4v) is 9.21. The minimum atomic E-state index is -0.754. The first kappa shape index (κ1) is 47.8. The molecule has 0 saturated heterocycles. The van der Waals surface area contributed by atoms with E-state index in [9.17, 15) is 19.1 Å². The highest BCUT2D eigenvalue weighted by atomic mass is 19.1. The van der Waals surface area contributed by atoms with Crippen molar-refractivity contribution in [3.8, 4) is 28.0 Å². The molecule has 0 spiro atoms. The highest BCUT2D eigenvalue weighted by molar-refractivity contribution is 5.95. The third kappa shape index (κ3) is 9.34. The van der Waals surface area contributed by atoms with Gasteiger partial charge in [-0.25, -0.2) is 18.7 Å². The molecule has 0 radical (unpaired) electrons. The second-order valence-electron chi connectivity index (χ2n) is 18.7. The van der Waals surface area contributed by atoms with Gasteiger partial charge in [-0.05, 0) is 108 Å². The van der Waals surface area contributed by atoms with Crippen LogP contribution < -0.4 is 22.1 Å². The molecule has 8 heterocycles. The summed E-state index contributed by atoms with van der Waals surface area (Å²) in [6, 6.07) is 12.6. The number of aryl methyl sites for hydroxylation is 2. The summed E-state index contributed by atoms with van der Waals surface area (Å²) in [6.45, 7) is 17.1. The average Bonchev–Trinajstić information content (AvgIpc) is 3.79. The summed E-state index contributed by atoms with van der Waals surface area (Å²) in [5, 5.41) is 28.5. The van der Waals surface area contributed by atoms with E-state index in [1.165, 1.54) is 12.3 Å². The molecule has 0 aliphatic carbocycles. The number of pyridine rings is 4. The number of aromatic hydroxyl groups is 1. The summed E-state index contributed by atoms with van der Waals surface area (Å²) in [5.74, 6) is 0.732. The number of nitrogen functional groups attached to an aromatic ring is 2. The molecule has 2 amide bonds. The lowest BCUT2D eigenvalue weighted by Gasteiger charge is -2.24. The van der Waals surface area contributed by atoms with Crippen LogP contribution in [-0.4, -0.2) is 91.4 Å². The molecule has 10 rings (SSSR count). The van der Waals surface area contributed by atoms with Gasteiger partial charge in [-0.1, -0.05) is 0 Å². The molecule has 2 aromatic carbocycles. The number of benzene rings is 2. The number of fused-ring (bicyclic) bond motifs is 4. The zero-order valence-corrected chi connectivity index (χ0v) is 40.9. The molecule has 2 aliphatic rings. The molecule has 366 valence electrons. The van der Waals surface area contributed by atoms with Crippen molar-refractivity contribution in [1.29, 1.82) is 0 Å². The number of halogens is 2. The van der Waals surface area contributed by atoms with E-state index in [1.807, 2.05) is 69.5 Å². The van der Waals surface area contributed by atoms with Crippen molar-refractivity contribution >= 4 is 68.0 Å². The Balaban J connectivity index is 0.000000176. The van der Waals surface area contributed by atoms with Crippen molar-refractivity contribution in [2.24, 2.45) is 0 Å². The number of nitrogens with one attached hydrogen (secondary N) is 2. The zero-order chi connectivity index (χ0) is 50.6. The number of phenolic OH excluding ortho intramolecular Hbond substituents is 1. The molecule has 6 aromatic heterocycles. The molecule has 8 aromatic rings. The number of phenols is 1. The largest absolute Gasteiger partial charge is 0.504 e. The number of nitrogens with two attached hydrogens (primary N) is 2. The Morgan fingerprint density at radius 3 is 1.58 bits per heavy atom. The molecular formula is C52H56F2N14O3. The van der Waals surface area contributed by atoms with E-state index in [0.717, 1.165) is 34.5 Å². The van der Waals surface area contributed by atoms with E-state index < -0.39 is 11.6 Å². The van der Waals surface area contributed by atoms with E-state index in [4.69, 9.17) is 11.5 Å². The van der Waals surface area contributed by atoms with Crippen LogP contribution in [0.5, 0.6) is 5.75 Å². The van der Waals surface area contributed by atoms with E-state index in [2.05, 4.69) is 40.8 Å². The van der Waals surface area contributed by atoms with Crippen LogP contribution in [0.15, 0.2) is 67.3 Å². The normalized spacial score (nSPS) is 13.9. The number of nitrogens with zero attached hydrogens (tertiary/aromatic N) is 10. The van der Waals surface area contributed by atoms with Gasteiger partial charge < -0.3 is 37.0 Å². The monoisotopic (exact) mass is 962 g/mol. The summed E-state index contributed by atoms with van der Waals surface area (Å²) in [5.41, 5.74) is 19.9. The van der Waals surface area contributed by atoms with Gasteiger partial charge in [-0.2, -0.15) is 10.2 Å². The van der Waals surface area contributed by atoms with Crippen molar-refractivity contribution in [2.75, 3.05) is 35.2 Å². The van der Waals surface area contributed by atoms with Crippen molar-refractivity contribution < 1.29 is 23.5 Å². The van der Waals surface area contributed by atoms with Gasteiger partial charge in [0.2, 0.25) is 11.8 Å². The third-order valence-electron chi connectivity index (χ3n) is 13.4. The standard InChI is InChI=1S/C26H28FN7O2.C26H28FN7O/c1-13(2)33-6-5-17-9-22(32-34(17)12-23(33)35)31-21-8-16-7-18(24(27)26(36)20(16)11-30-21)19-10-29-15(4)25(28)14(19)3;1-14(2)33-6-5-19-10-24(32-34(19)13-25(33)35)31-23-9-17-7-20(22(27)8-18(17)11-30-23)21-12-29-16(4)26(28)15(21)3/h7-11,13,36H,5-6,12,28H2,1-4H3,(H,30,31,32);7-12,14H,5-6,13,28H2,1-4H3,(H,30,31,32). The SMILES string of the molecule is Cc1ncc(-c2cc3cc(Nc4cc5n(n4)CC(=O)N(C(C)C)CC5)ncc3c(O)c2F)c(C)c1N.Cc1ncc(-c2cc3cc(Nc4cc5n(n4)CC(=O)N(C(C)C)CC5)ncc3cc2F)c(C)c1N. The third-order valence-corrected chi connectivity index (χ3v) is 13.4. The maximum Gasteiger partial charge on any atom is 0.244 e. The van der Waals surface area contributed by atoms with Crippen LogP contribution in [0.3, 0.4) is 0 Å². The number of rotatable bonds is 8. The number of carbonyl (C=O) groups is 2. The summed E-state index contributed by atoms with van der Waals surface area (Å²) < 4.78 is 33.6. The predicted octanol–water partition coefficient (Wildman–Crippen LogP) is 8.44. The first-order valence-corrected chi connectivity index (χ1v) is 23.5. The van der Waals surface area contributed by atoms with Crippen molar-refractivity contribution in [2.45, 2.75) is 93.4 Å². The van der Waals surface area contributed by atoms with Crippen molar-refractivity contribution in [3.05, 3.63) is 113 Å². The minimum absolute atomic E-state index is 0.0359. The maximum absolute atomic E-state index is 15.1. The Morgan fingerprint density at radius 2 is 1.06 bits per heavy atom. The molecular weight excluding hydrogens is 907 g/mol.